The molecule has 0 spiro atoms. The van der Waals surface area contributed by atoms with Gasteiger partial charge in [0.15, 0.2) is 0 Å². The summed E-state index contributed by atoms with van der Waals surface area (Å²) in [6.45, 7) is 7.97. The molecule has 21 heavy (non-hydrogen) atoms. The predicted molar refractivity (Wildman–Crippen MR) is 86.3 cm³/mol. The number of nitrogens with one attached hydrogen (secondary N) is 1. The fraction of sp³-hybridized carbons (Fsp3) is 0.824. The minimum Gasteiger partial charge on any atom is -0.317 e. The topological polar surface area (TPSA) is 33.1 Å². The van der Waals surface area contributed by atoms with E-state index in [1.807, 2.05) is 0 Å². The molecule has 2 heterocycles. The lowest BCUT2D eigenvalue weighted by atomic mass is 9.97. The number of rotatable bonds is 6. The maximum absolute atomic E-state index is 4.82. The van der Waals surface area contributed by atoms with Gasteiger partial charge in [-0.25, -0.2) is 0 Å². The zero-order valence-corrected chi connectivity index (χ0v) is 13.4. The Hall–Kier alpha value is -0.870. The first kappa shape index (κ1) is 15.0. The molecular formula is C17H30N4. The van der Waals surface area contributed by atoms with Crippen LogP contribution in [0.4, 0.5) is 0 Å². The molecule has 4 heteroatoms. The summed E-state index contributed by atoms with van der Waals surface area (Å²) in [6, 6.07) is 2.90. The lowest BCUT2D eigenvalue weighted by Gasteiger charge is -2.31. The molecule has 1 aromatic rings. The number of hydrogen-bond acceptors (Lipinski definition) is 3. The second-order valence-electron chi connectivity index (χ2n) is 6.75. The molecule has 4 nitrogen and oxygen atoms in total. The molecule has 0 atom stereocenters. The summed E-state index contributed by atoms with van der Waals surface area (Å²) in [6.07, 6.45) is 10.2. The molecule has 1 saturated heterocycles. The summed E-state index contributed by atoms with van der Waals surface area (Å²) in [5, 5.41) is 8.30. The summed E-state index contributed by atoms with van der Waals surface area (Å²) < 4.78 is 2.22. The van der Waals surface area contributed by atoms with Crippen molar-refractivity contribution in [2.24, 2.45) is 5.92 Å². The van der Waals surface area contributed by atoms with E-state index in [9.17, 15) is 0 Å². The normalized spacial score (nSPS) is 22.1. The van der Waals surface area contributed by atoms with Gasteiger partial charge in [0.2, 0.25) is 0 Å². The van der Waals surface area contributed by atoms with Crippen molar-refractivity contribution in [3.63, 3.8) is 0 Å². The number of hydrogen-bond donors (Lipinski definition) is 1. The zero-order chi connectivity index (χ0) is 14.5. The first-order valence-corrected chi connectivity index (χ1v) is 8.82. The van der Waals surface area contributed by atoms with E-state index in [0.717, 1.165) is 19.0 Å². The summed E-state index contributed by atoms with van der Waals surface area (Å²) in [7, 11) is 0. The predicted octanol–water partition coefficient (Wildman–Crippen LogP) is 2.82. The third kappa shape index (κ3) is 4.07. The van der Waals surface area contributed by atoms with Gasteiger partial charge in [-0.1, -0.05) is 19.8 Å². The average molecular weight is 290 g/mol. The van der Waals surface area contributed by atoms with Crippen LogP contribution in [0.1, 0.15) is 57.2 Å². The highest BCUT2D eigenvalue weighted by Gasteiger charge is 2.21. The number of nitrogens with zero attached hydrogens (tertiary/aromatic N) is 3. The molecule has 1 aromatic heterocycles. The molecule has 1 N–H and O–H groups in total. The van der Waals surface area contributed by atoms with E-state index in [1.54, 1.807) is 0 Å². The van der Waals surface area contributed by atoms with Crippen molar-refractivity contribution in [1.82, 2.24) is 20.0 Å². The van der Waals surface area contributed by atoms with Crippen LogP contribution in [0.15, 0.2) is 12.3 Å². The van der Waals surface area contributed by atoms with Crippen molar-refractivity contribution in [2.45, 2.75) is 58.0 Å². The average Bonchev–Trinajstić information content (AvgIpc) is 3.17. The molecule has 0 unspecified atom stereocenters. The van der Waals surface area contributed by atoms with Crippen LogP contribution in [0.2, 0.25) is 0 Å². The Balaban J connectivity index is 1.45. The lowest BCUT2D eigenvalue weighted by molar-refractivity contribution is 0.173. The molecule has 2 fully saturated rings. The first-order valence-electron chi connectivity index (χ1n) is 8.82. The molecule has 2 aliphatic rings. The molecule has 0 radical (unpaired) electrons. The van der Waals surface area contributed by atoms with E-state index in [-0.39, 0.29) is 0 Å². The third-order valence-corrected chi connectivity index (χ3v) is 5.14. The highest BCUT2D eigenvalue weighted by molar-refractivity contribution is 5.00. The van der Waals surface area contributed by atoms with E-state index in [1.165, 1.54) is 63.9 Å². The highest BCUT2D eigenvalue weighted by atomic mass is 15.3. The van der Waals surface area contributed by atoms with E-state index in [4.69, 9.17) is 5.10 Å². The molecule has 0 aromatic carbocycles. The van der Waals surface area contributed by atoms with Crippen LogP contribution in [0, 0.1) is 5.92 Å². The summed E-state index contributed by atoms with van der Waals surface area (Å²) in [5.74, 6) is 0.872. The van der Waals surface area contributed by atoms with Crippen LogP contribution in [0.25, 0.3) is 0 Å². The fourth-order valence-electron chi connectivity index (χ4n) is 3.76. The van der Waals surface area contributed by atoms with E-state index < -0.39 is 0 Å². The largest absolute Gasteiger partial charge is 0.317 e. The van der Waals surface area contributed by atoms with Crippen molar-refractivity contribution >= 4 is 0 Å². The third-order valence-electron chi connectivity index (χ3n) is 5.14. The minimum atomic E-state index is 0.671. The number of aromatic nitrogens is 2. The fourth-order valence-corrected chi connectivity index (χ4v) is 3.76. The Labute approximate surface area is 128 Å². The SMILES string of the molecule is CCNCC1CCN(Cc2ccn(C3CCCC3)n2)CC1. The first-order chi connectivity index (χ1) is 10.3. The zero-order valence-electron chi connectivity index (χ0n) is 13.4. The Morgan fingerprint density at radius 2 is 1.95 bits per heavy atom. The highest BCUT2D eigenvalue weighted by Crippen LogP contribution is 2.28. The molecule has 118 valence electrons. The Morgan fingerprint density at radius 3 is 2.67 bits per heavy atom. The summed E-state index contributed by atoms with van der Waals surface area (Å²) >= 11 is 0. The van der Waals surface area contributed by atoms with E-state index in [2.05, 4.69) is 34.1 Å². The molecule has 1 saturated carbocycles. The standard InChI is InChI=1S/C17H30N4/c1-2-18-13-15-7-10-20(11-8-15)14-16-9-12-21(19-16)17-5-3-4-6-17/h9,12,15,17-18H,2-8,10-11,13-14H2,1H3. The maximum atomic E-state index is 4.82. The van der Waals surface area contributed by atoms with Gasteiger partial charge in [0.1, 0.15) is 0 Å². The van der Waals surface area contributed by atoms with Crippen molar-refractivity contribution in [3.8, 4) is 0 Å². The van der Waals surface area contributed by atoms with Gasteiger partial charge < -0.3 is 5.32 Å². The van der Waals surface area contributed by atoms with Crippen molar-refractivity contribution in [3.05, 3.63) is 18.0 Å². The molecular weight excluding hydrogens is 260 g/mol. The second kappa shape index (κ2) is 7.41. The molecule has 1 aliphatic heterocycles. The maximum Gasteiger partial charge on any atom is 0.0764 e. The van der Waals surface area contributed by atoms with Crippen molar-refractivity contribution in [2.75, 3.05) is 26.2 Å². The van der Waals surface area contributed by atoms with Gasteiger partial charge in [-0.15, -0.1) is 0 Å². The molecule has 1 aliphatic carbocycles. The summed E-state index contributed by atoms with van der Waals surface area (Å²) in [5.41, 5.74) is 1.26. The molecule has 3 rings (SSSR count). The van der Waals surface area contributed by atoms with Gasteiger partial charge in [-0.2, -0.15) is 5.10 Å². The van der Waals surface area contributed by atoms with Crippen molar-refractivity contribution < 1.29 is 0 Å². The molecule has 0 amide bonds. The summed E-state index contributed by atoms with van der Waals surface area (Å²) in [4.78, 5) is 2.57. The van der Waals surface area contributed by atoms with Crippen LogP contribution >= 0.6 is 0 Å². The quantitative estimate of drug-likeness (QED) is 0.874. The van der Waals surface area contributed by atoms with Gasteiger partial charge in [0, 0.05) is 12.7 Å². The van der Waals surface area contributed by atoms with Crippen LogP contribution < -0.4 is 5.32 Å². The van der Waals surface area contributed by atoms with Crippen LogP contribution in [-0.2, 0) is 6.54 Å². The minimum absolute atomic E-state index is 0.671. The monoisotopic (exact) mass is 290 g/mol. The Kier molecular flexibility index (Phi) is 5.31. The van der Waals surface area contributed by atoms with Gasteiger partial charge in [0.25, 0.3) is 0 Å². The van der Waals surface area contributed by atoms with Crippen LogP contribution in [0.5, 0.6) is 0 Å². The van der Waals surface area contributed by atoms with Crippen LogP contribution in [0.3, 0.4) is 0 Å². The molecule has 0 bridgehead atoms. The Morgan fingerprint density at radius 1 is 1.19 bits per heavy atom. The van der Waals surface area contributed by atoms with E-state index >= 15 is 0 Å². The van der Waals surface area contributed by atoms with Gasteiger partial charge in [0.05, 0.1) is 11.7 Å². The van der Waals surface area contributed by atoms with Gasteiger partial charge in [-0.3, -0.25) is 9.58 Å². The van der Waals surface area contributed by atoms with Crippen molar-refractivity contribution in [1.29, 1.82) is 0 Å². The number of likely N-dealkylation sites (tertiary alicyclic amines) is 1. The lowest BCUT2D eigenvalue weighted by Crippen LogP contribution is -2.37. The van der Waals surface area contributed by atoms with Crippen LogP contribution in [-0.4, -0.2) is 40.9 Å². The number of piperidine rings is 1. The van der Waals surface area contributed by atoms with Gasteiger partial charge in [-0.05, 0) is 63.8 Å². The Bertz CT molecular complexity index is 414. The van der Waals surface area contributed by atoms with E-state index in [0.29, 0.717) is 6.04 Å². The van der Waals surface area contributed by atoms with Gasteiger partial charge >= 0.3 is 0 Å². The smallest absolute Gasteiger partial charge is 0.0764 e. The second-order valence-corrected chi connectivity index (χ2v) is 6.75.